The van der Waals surface area contributed by atoms with Crippen LogP contribution in [0.2, 0.25) is 0 Å². The summed E-state index contributed by atoms with van der Waals surface area (Å²) in [6.07, 6.45) is 4.15. The van der Waals surface area contributed by atoms with Gasteiger partial charge in [-0.2, -0.15) is 0 Å². The highest BCUT2D eigenvalue weighted by molar-refractivity contribution is 6.37. The molecule has 0 saturated heterocycles. The Kier molecular flexibility index (Phi) is 3.13. The highest BCUT2D eigenvalue weighted by Gasteiger charge is 2.20. The zero-order valence-electron chi connectivity index (χ0n) is 13.9. The normalized spacial score (nSPS) is 14.4. The first-order valence-corrected chi connectivity index (χ1v) is 8.53. The lowest BCUT2D eigenvalue weighted by atomic mass is 9.87. The summed E-state index contributed by atoms with van der Waals surface area (Å²) >= 11 is 0. The fourth-order valence-corrected chi connectivity index (χ4v) is 3.75. The van der Waals surface area contributed by atoms with Crippen LogP contribution in [-0.4, -0.2) is 11.6 Å². The topological polar surface area (TPSA) is 34.1 Å². The first-order chi connectivity index (χ1) is 12.7. The highest BCUT2D eigenvalue weighted by atomic mass is 16.1. The van der Waals surface area contributed by atoms with Gasteiger partial charge in [-0.05, 0) is 68.7 Å². The average molecular weight is 334 g/mol. The molecule has 0 spiro atoms. The molecule has 26 heavy (non-hydrogen) atoms. The van der Waals surface area contributed by atoms with Gasteiger partial charge in [-0.3, -0.25) is 9.59 Å². The summed E-state index contributed by atoms with van der Waals surface area (Å²) < 4.78 is 0. The summed E-state index contributed by atoms with van der Waals surface area (Å²) in [5.74, 6) is -0.281. The van der Waals surface area contributed by atoms with Crippen LogP contribution in [0.5, 0.6) is 0 Å². The van der Waals surface area contributed by atoms with Crippen molar-refractivity contribution in [1.29, 1.82) is 0 Å². The molecule has 0 aliphatic heterocycles. The van der Waals surface area contributed by atoms with Gasteiger partial charge in [0.2, 0.25) is 0 Å². The van der Waals surface area contributed by atoms with E-state index >= 15 is 0 Å². The quantitative estimate of drug-likeness (QED) is 0.352. The van der Waals surface area contributed by atoms with E-state index < -0.39 is 0 Å². The molecule has 2 nitrogen and oxygen atoms in total. The smallest absolute Gasteiger partial charge is 0.186 e. The van der Waals surface area contributed by atoms with E-state index in [9.17, 15) is 9.59 Å². The summed E-state index contributed by atoms with van der Waals surface area (Å²) in [6.45, 7) is 0. The van der Waals surface area contributed by atoms with E-state index in [4.69, 9.17) is 0 Å². The second-order valence-electron chi connectivity index (χ2n) is 6.55. The molecular formula is C24H14O2. The third kappa shape index (κ3) is 2.20. The third-order valence-corrected chi connectivity index (χ3v) is 4.95. The van der Waals surface area contributed by atoms with Crippen LogP contribution in [0.1, 0.15) is 5.56 Å². The van der Waals surface area contributed by atoms with Gasteiger partial charge in [0.1, 0.15) is 0 Å². The zero-order chi connectivity index (χ0) is 17.7. The summed E-state index contributed by atoms with van der Waals surface area (Å²) in [5, 5.41) is 6.36. The first kappa shape index (κ1) is 14.8. The molecule has 0 N–H and O–H groups in total. The molecule has 1 aliphatic carbocycles. The van der Waals surface area contributed by atoms with Gasteiger partial charge in [0.25, 0.3) is 0 Å². The van der Waals surface area contributed by atoms with E-state index in [1.807, 2.05) is 36.4 Å². The van der Waals surface area contributed by atoms with Gasteiger partial charge in [0.05, 0.1) is 0 Å². The lowest BCUT2D eigenvalue weighted by Gasteiger charge is -2.15. The van der Waals surface area contributed by atoms with E-state index in [0.717, 1.165) is 37.9 Å². The first-order valence-electron chi connectivity index (χ1n) is 8.53. The van der Waals surface area contributed by atoms with Crippen molar-refractivity contribution in [3.63, 3.8) is 0 Å². The van der Waals surface area contributed by atoms with Crippen LogP contribution in [0.3, 0.4) is 0 Å². The predicted octanol–water partition coefficient (Wildman–Crippen LogP) is 5.24. The fraction of sp³-hybridized carbons (Fsp3) is 0. The average Bonchev–Trinajstić information content (AvgIpc) is 2.66. The van der Waals surface area contributed by atoms with Gasteiger partial charge < -0.3 is 0 Å². The Morgan fingerprint density at radius 2 is 1.23 bits per heavy atom. The minimum absolute atomic E-state index is 0.129. The standard InChI is InChI=1S/C24H14O2/c25-19-9-10-23(26)22(14-19)24-20-8-4-3-7-17(20)12-18-11-15-5-1-2-6-16(15)13-21(18)24/h1-14H. The van der Waals surface area contributed by atoms with Gasteiger partial charge in [-0.1, -0.05) is 48.5 Å². The van der Waals surface area contributed by atoms with E-state index in [0.29, 0.717) is 5.57 Å². The Hall–Kier alpha value is -3.52. The number of hydrogen-bond acceptors (Lipinski definition) is 2. The molecule has 0 heterocycles. The van der Waals surface area contributed by atoms with Crippen molar-refractivity contribution in [2.24, 2.45) is 0 Å². The molecule has 1 aliphatic rings. The number of carbonyl (C=O) groups is 2. The van der Waals surface area contributed by atoms with Gasteiger partial charge in [0.15, 0.2) is 11.6 Å². The van der Waals surface area contributed by atoms with Crippen molar-refractivity contribution in [1.82, 2.24) is 0 Å². The number of hydrogen-bond donors (Lipinski definition) is 0. The fourth-order valence-electron chi connectivity index (χ4n) is 3.75. The number of carbonyl (C=O) groups excluding carboxylic acids is 2. The minimum atomic E-state index is -0.151. The van der Waals surface area contributed by atoms with E-state index in [1.165, 1.54) is 18.2 Å². The van der Waals surface area contributed by atoms with Crippen LogP contribution in [0.25, 0.3) is 37.9 Å². The SMILES string of the molecule is O=C1C=CC(=O)C(c2c3ccccc3cc3cc4ccccc4cc23)=C1. The Bertz CT molecular complexity index is 1300. The molecule has 0 radical (unpaired) electrons. The molecule has 0 saturated carbocycles. The minimum Gasteiger partial charge on any atom is -0.290 e. The predicted molar refractivity (Wildman–Crippen MR) is 106 cm³/mol. The Morgan fingerprint density at radius 1 is 0.577 bits per heavy atom. The van der Waals surface area contributed by atoms with Crippen molar-refractivity contribution in [3.05, 3.63) is 90.5 Å². The third-order valence-electron chi connectivity index (χ3n) is 4.95. The van der Waals surface area contributed by atoms with Gasteiger partial charge in [0, 0.05) is 11.1 Å². The summed E-state index contributed by atoms with van der Waals surface area (Å²) in [7, 11) is 0. The number of allylic oxidation sites excluding steroid dienone is 4. The van der Waals surface area contributed by atoms with Crippen LogP contribution in [-0.2, 0) is 9.59 Å². The monoisotopic (exact) mass is 334 g/mol. The van der Waals surface area contributed by atoms with Gasteiger partial charge in [-0.15, -0.1) is 0 Å². The van der Waals surface area contributed by atoms with Crippen LogP contribution in [0, 0.1) is 0 Å². The van der Waals surface area contributed by atoms with Crippen molar-refractivity contribution in [3.8, 4) is 0 Å². The molecule has 2 heteroatoms. The van der Waals surface area contributed by atoms with Gasteiger partial charge in [-0.25, -0.2) is 0 Å². The lowest BCUT2D eigenvalue weighted by molar-refractivity contribution is -0.113. The number of rotatable bonds is 1. The molecule has 4 aromatic carbocycles. The lowest BCUT2D eigenvalue weighted by Crippen LogP contribution is -2.07. The second kappa shape index (κ2) is 5.50. The van der Waals surface area contributed by atoms with Crippen LogP contribution < -0.4 is 0 Å². The molecule has 0 unspecified atom stereocenters. The van der Waals surface area contributed by atoms with E-state index in [-0.39, 0.29) is 11.6 Å². The van der Waals surface area contributed by atoms with Crippen LogP contribution in [0.15, 0.2) is 85.0 Å². The number of fused-ring (bicyclic) bond motifs is 3. The Labute approximate surface area is 150 Å². The Morgan fingerprint density at radius 3 is 2.04 bits per heavy atom. The second-order valence-corrected chi connectivity index (χ2v) is 6.55. The maximum Gasteiger partial charge on any atom is 0.186 e. The molecule has 0 amide bonds. The number of benzene rings is 4. The Balaban J connectivity index is 1.99. The van der Waals surface area contributed by atoms with Crippen molar-refractivity contribution < 1.29 is 9.59 Å². The van der Waals surface area contributed by atoms with Crippen molar-refractivity contribution in [2.75, 3.05) is 0 Å². The van der Waals surface area contributed by atoms with Gasteiger partial charge >= 0.3 is 0 Å². The largest absolute Gasteiger partial charge is 0.290 e. The maximum absolute atomic E-state index is 12.6. The highest BCUT2D eigenvalue weighted by Crippen LogP contribution is 2.36. The molecule has 122 valence electrons. The van der Waals surface area contributed by atoms with E-state index in [2.05, 4.69) is 30.3 Å². The van der Waals surface area contributed by atoms with Crippen molar-refractivity contribution >= 4 is 49.5 Å². The van der Waals surface area contributed by atoms with Crippen molar-refractivity contribution in [2.45, 2.75) is 0 Å². The maximum atomic E-state index is 12.6. The zero-order valence-corrected chi connectivity index (χ0v) is 13.9. The summed E-state index contributed by atoms with van der Waals surface area (Å²) in [5.41, 5.74) is 1.31. The van der Waals surface area contributed by atoms with Crippen LogP contribution >= 0.6 is 0 Å². The molecule has 0 atom stereocenters. The van der Waals surface area contributed by atoms with Crippen LogP contribution in [0.4, 0.5) is 0 Å². The van der Waals surface area contributed by atoms with E-state index in [1.54, 1.807) is 0 Å². The molecule has 5 rings (SSSR count). The molecular weight excluding hydrogens is 320 g/mol. The number of ketones is 2. The molecule has 0 fully saturated rings. The molecule has 0 aromatic heterocycles. The summed E-state index contributed by atoms with van der Waals surface area (Å²) in [6, 6.07) is 22.6. The molecule has 0 bridgehead atoms. The molecule has 4 aromatic rings. The summed E-state index contributed by atoms with van der Waals surface area (Å²) in [4.78, 5) is 24.5.